The molecule has 1 aliphatic rings. The first kappa shape index (κ1) is 26.8. The van der Waals surface area contributed by atoms with Crippen LogP contribution >= 0.6 is 39.3 Å². The Balaban J connectivity index is 1.72. The Bertz CT molecular complexity index is 1200. The number of rotatable bonds is 9. The maximum absolute atomic E-state index is 12.9. The summed E-state index contributed by atoms with van der Waals surface area (Å²) in [6.07, 6.45) is 2.21. The number of benzene rings is 2. The maximum atomic E-state index is 12.9. The molecule has 2 aromatic carbocycles. The predicted molar refractivity (Wildman–Crippen MR) is 139 cm³/mol. The van der Waals surface area contributed by atoms with Crippen molar-refractivity contribution >= 4 is 74.1 Å². The summed E-state index contributed by atoms with van der Waals surface area (Å²) in [4.78, 5) is 51.1. The van der Waals surface area contributed by atoms with Crippen LogP contribution in [-0.2, 0) is 14.3 Å². The molecule has 0 bridgehead atoms. The van der Waals surface area contributed by atoms with E-state index in [-0.39, 0.29) is 27.8 Å². The normalized spacial score (nSPS) is 14.4. The molecule has 8 nitrogen and oxygen atoms in total. The Kier molecular flexibility index (Phi) is 9.36. The molecule has 1 heterocycles. The van der Waals surface area contributed by atoms with Gasteiger partial charge in [-0.05, 0) is 67.6 Å². The van der Waals surface area contributed by atoms with Crippen molar-refractivity contribution in [2.24, 2.45) is 0 Å². The molecule has 2 aromatic rings. The first-order chi connectivity index (χ1) is 16.7. The van der Waals surface area contributed by atoms with Gasteiger partial charge in [-0.25, -0.2) is 4.79 Å². The third-order valence-electron chi connectivity index (χ3n) is 4.64. The number of hydrogen-bond acceptors (Lipinski definition) is 7. The highest BCUT2D eigenvalue weighted by atomic mass is 79.9. The highest BCUT2D eigenvalue weighted by Gasteiger charge is 2.36. The van der Waals surface area contributed by atoms with E-state index in [1.54, 1.807) is 18.2 Å². The average Bonchev–Trinajstić information content (AvgIpc) is 3.07. The van der Waals surface area contributed by atoms with Crippen molar-refractivity contribution in [1.29, 1.82) is 0 Å². The number of esters is 1. The van der Waals surface area contributed by atoms with Gasteiger partial charge in [0.2, 0.25) is 5.91 Å². The van der Waals surface area contributed by atoms with E-state index < -0.39 is 29.6 Å². The summed E-state index contributed by atoms with van der Waals surface area (Å²) < 4.78 is 11.5. The van der Waals surface area contributed by atoms with E-state index >= 15 is 0 Å². The number of ether oxygens (including phenoxy) is 2. The molecular formula is C24H22BrClN2O6S. The monoisotopic (exact) mass is 580 g/mol. The largest absolute Gasteiger partial charge is 0.493 e. The van der Waals surface area contributed by atoms with Crippen molar-refractivity contribution in [2.75, 3.05) is 25.1 Å². The van der Waals surface area contributed by atoms with Gasteiger partial charge in [0.25, 0.3) is 11.1 Å². The van der Waals surface area contributed by atoms with Crippen LogP contribution in [0.3, 0.4) is 0 Å². The molecule has 3 rings (SSSR count). The minimum atomic E-state index is -0.610. The Morgan fingerprint density at radius 3 is 2.66 bits per heavy atom. The van der Waals surface area contributed by atoms with Gasteiger partial charge in [0, 0.05) is 15.7 Å². The molecule has 0 saturated carbocycles. The Labute approximate surface area is 220 Å². The lowest BCUT2D eigenvalue weighted by Gasteiger charge is -2.13. The van der Waals surface area contributed by atoms with E-state index in [0.29, 0.717) is 24.3 Å². The number of carbonyl (C=O) groups excluding carboxylic acids is 4. The fourth-order valence-corrected chi connectivity index (χ4v) is 4.48. The minimum absolute atomic E-state index is 0.103. The summed E-state index contributed by atoms with van der Waals surface area (Å²) in [6.45, 7) is 3.90. The molecule has 3 amide bonds. The topological polar surface area (TPSA) is 102 Å². The quantitative estimate of drug-likeness (QED) is 0.297. The summed E-state index contributed by atoms with van der Waals surface area (Å²) in [6, 6.07) is 9.69. The second kappa shape index (κ2) is 12.2. The number of nitrogens with one attached hydrogen (secondary N) is 1. The van der Waals surface area contributed by atoms with Crippen molar-refractivity contribution in [3.8, 4) is 5.75 Å². The molecule has 0 unspecified atom stereocenters. The van der Waals surface area contributed by atoms with Gasteiger partial charge in [-0.15, -0.1) is 0 Å². The average molecular weight is 582 g/mol. The molecule has 0 atom stereocenters. The summed E-state index contributed by atoms with van der Waals surface area (Å²) in [7, 11) is 0. The van der Waals surface area contributed by atoms with Gasteiger partial charge in [-0.2, -0.15) is 0 Å². The van der Waals surface area contributed by atoms with Gasteiger partial charge in [0.1, 0.15) is 12.3 Å². The van der Waals surface area contributed by atoms with E-state index in [2.05, 4.69) is 21.2 Å². The summed E-state index contributed by atoms with van der Waals surface area (Å²) in [5.41, 5.74) is 1.01. The smallest absolute Gasteiger partial charge is 0.339 e. The van der Waals surface area contributed by atoms with Crippen LogP contribution in [0.1, 0.15) is 36.2 Å². The first-order valence-corrected chi connectivity index (χ1v) is 12.7. The third kappa shape index (κ3) is 6.87. The molecule has 1 fully saturated rings. The van der Waals surface area contributed by atoms with Crippen molar-refractivity contribution in [1.82, 2.24) is 4.90 Å². The van der Waals surface area contributed by atoms with Gasteiger partial charge in [0.05, 0.1) is 28.7 Å². The van der Waals surface area contributed by atoms with Gasteiger partial charge < -0.3 is 14.8 Å². The predicted octanol–water partition coefficient (Wildman–Crippen LogP) is 5.74. The number of carbonyl (C=O) groups is 4. The first-order valence-electron chi connectivity index (χ1n) is 10.7. The minimum Gasteiger partial charge on any atom is -0.493 e. The van der Waals surface area contributed by atoms with Crippen LogP contribution in [-0.4, -0.2) is 47.7 Å². The molecular weight excluding hydrogens is 560 g/mol. The number of nitrogens with zero attached hydrogens (tertiary/aromatic N) is 1. The lowest BCUT2D eigenvalue weighted by molar-refractivity contribution is -0.127. The highest BCUT2D eigenvalue weighted by molar-refractivity contribution is 9.10. The standard InChI is InChI=1S/C24H22BrClN2O6S/c1-3-9-34-23(31)17-12-16(6-7-18(17)26)27-21(29)13-28-22(30)20(35-24(28)32)11-14-10-15(25)5-8-19(14)33-4-2/h5-8,10-12H,3-4,9,13H2,1-2H3,(H,27,29)/b20-11+. The molecule has 1 saturated heterocycles. The summed E-state index contributed by atoms with van der Waals surface area (Å²) >= 11 is 10.2. The van der Waals surface area contributed by atoms with Crippen LogP contribution in [0.25, 0.3) is 6.08 Å². The lowest BCUT2D eigenvalue weighted by Crippen LogP contribution is -2.36. The Morgan fingerprint density at radius 1 is 1.17 bits per heavy atom. The Morgan fingerprint density at radius 2 is 1.94 bits per heavy atom. The molecule has 0 aliphatic carbocycles. The zero-order valence-corrected chi connectivity index (χ0v) is 22.1. The van der Waals surface area contributed by atoms with Crippen LogP contribution in [0.5, 0.6) is 5.75 Å². The lowest BCUT2D eigenvalue weighted by atomic mass is 10.2. The highest BCUT2D eigenvalue weighted by Crippen LogP contribution is 2.35. The second-order valence-corrected chi connectivity index (χ2v) is 9.58. The number of halogens is 2. The zero-order chi connectivity index (χ0) is 25.5. The number of anilines is 1. The van der Waals surface area contributed by atoms with E-state index in [9.17, 15) is 19.2 Å². The van der Waals surface area contributed by atoms with Gasteiger partial charge in [0.15, 0.2) is 0 Å². The molecule has 0 radical (unpaired) electrons. The van der Waals surface area contributed by atoms with E-state index in [4.69, 9.17) is 21.1 Å². The van der Waals surface area contributed by atoms with Crippen LogP contribution in [0.2, 0.25) is 5.02 Å². The van der Waals surface area contributed by atoms with Gasteiger partial charge >= 0.3 is 5.97 Å². The van der Waals surface area contributed by atoms with Gasteiger partial charge in [-0.3, -0.25) is 19.3 Å². The molecule has 0 aromatic heterocycles. The van der Waals surface area contributed by atoms with Crippen LogP contribution in [0.4, 0.5) is 10.5 Å². The maximum Gasteiger partial charge on any atom is 0.339 e. The SMILES string of the molecule is CCCOC(=O)c1cc(NC(=O)CN2C(=O)S/C(=C/c3cc(Br)ccc3OCC)C2=O)ccc1Cl. The van der Waals surface area contributed by atoms with Crippen LogP contribution in [0, 0.1) is 0 Å². The number of amides is 3. The van der Waals surface area contributed by atoms with Crippen LogP contribution in [0.15, 0.2) is 45.8 Å². The van der Waals surface area contributed by atoms with E-state index in [1.165, 1.54) is 18.2 Å². The summed E-state index contributed by atoms with van der Waals surface area (Å²) in [5, 5.41) is 2.19. The molecule has 35 heavy (non-hydrogen) atoms. The fraction of sp³-hybridized carbons (Fsp3) is 0.250. The van der Waals surface area contributed by atoms with Crippen molar-refractivity contribution in [2.45, 2.75) is 20.3 Å². The number of imide groups is 1. The van der Waals surface area contributed by atoms with E-state index in [1.807, 2.05) is 19.9 Å². The Hall–Kier alpha value is -2.82. The van der Waals surface area contributed by atoms with Gasteiger partial charge in [-0.1, -0.05) is 34.5 Å². The number of thioether (sulfide) groups is 1. The van der Waals surface area contributed by atoms with Crippen molar-refractivity contribution in [3.63, 3.8) is 0 Å². The molecule has 1 N–H and O–H groups in total. The number of hydrogen-bond donors (Lipinski definition) is 1. The molecule has 1 aliphatic heterocycles. The van der Waals surface area contributed by atoms with E-state index in [0.717, 1.165) is 21.1 Å². The fourth-order valence-electron chi connectivity index (χ4n) is 3.07. The van der Waals surface area contributed by atoms with Crippen molar-refractivity contribution < 1.29 is 28.7 Å². The zero-order valence-electron chi connectivity index (χ0n) is 18.9. The summed E-state index contributed by atoms with van der Waals surface area (Å²) in [5.74, 6) is -1.24. The van der Waals surface area contributed by atoms with Crippen LogP contribution < -0.4 is 10.1 Å². The third-order valence-corrected chi connectivity index (χ3v) is 6.37. The molecule has 184 valence electrons. The second-order valence-electron chi connectivity index (χ2n) is 7.26. The van der Waals surface area contributed by atoms with Crippen molar-refractivity contribution in [3.05, 3.63) is 61.9 Å². The molecule has 11 heteroatoms. The molecule has 0 spiro atoms.